The molecule has 0 atom stereocenters. The van der Waals surface area contributed by atoms with Crippen molar-refractivity contribution in [2.75, 3.05) is 0 Å². The second-order valence-electron chi connectivity index (χ2n) is 9.25. The lowest BCUT2D eigenvalue weighted by Crippen LogP contribution is -1.94. The Morgan fingerprint density at radius 2 is 0.763 bits per heavy atom. The van der Waals surface area contributed by atoms with Gasteiger partial charge in [0.15, 0.2) is 0 Å². The van der Waals surface area contributed by atoms with Gasteiger partial charge in [0.25, 0.3) is 0 Å². The second kappa shape index (κ2) is 8.22. The zero-order valence-electron chi connectivity index (χ0n) is 28.1. The predicted molar refractivity (Wildman–Crippen MR) is 161 cm³/mol. The third kappa shape index (κ3) is 3.07. The first kappa shape index (κ1) is 14.6. The van der Waals surface area contributed by atoms with Crippen molar-refractivity contribution in [3.05, 3.63) is 145 Å². The Balaban J connectivity index is 1.27. The minimum Gasteiger partial charge on any atom is -0.309 e. The molecular formula is C36H24N2. The van der Waals surface area contributed by atoms with Crippen molar-refractivity contribution < 1.29 is 11.0 Å². The van der Waals surface area contributed by atoms with Gasteiger partial charge in [0.2, 0.25) is 0 Å². The molecule has 2 heteroatoms. The molecule has 0 unspecified atom stereocenters. The van der Waals surface area contributed by atoms with Crippen molar-refractivity contribution in [3.8, 4) is 22.5 Å². The van der Waals surface area contributed by atoms with Gasteiger partial charge >= 0.3 is 0 Å². The molecule has 0 bridgehead atoms. The van der Waals surface area contributed by atoms with E-state index in [9.17, 15) is 0 Å². The van der Waals surface area contributed by atoms with E-state index in [4.69, 9.17) is 11.0 Å². The fourth-order valence-electron chi connectivity index (χ4n) is 5.49. The van der Waals surface area contributed by atoms with Crippen LogP contribution in [0.4, 0.5) is 0 Å². The van der Waals surface area contributed by atoms with Crippen molar-refractivity contribution in [3.63, 3.8) is 0 Å². The van der Waals surface area contributed by atoms with E-state index in [0.29, 0.717) is 5.69 Å². The standard InChI is InChI=1S/C36H24N2/c1-5-13-33-29(9-1)30-10-2-6-14-34(30)37(33)27-21-17-25(18-22-27)26-19-23-28(24-20-26)38-35-15-7-3-11-31(35)32-12-4-8-16-36(32)38/h1-24H/i1D,2D,5D,6D,9D,10D,13D,14D. The molecule has 8 aromatic rings. The van der Waals surface area contributed by atoms with Crippen molar-refractivity contribution in [2.45, 2.75) is 0 Å². The molecule has 2 aromatic heterocycles. The molecule has 2 nitrogen and oxygen atoms in total. The molecule has 0 aliphatic rings. The average molecular weight is 493 g/mol. The molecule has 0 aliphatic heterocycles. The molecule has 2 heterocycles. The Hall–Kier alpha value is -5.08. The van der Waals surface area contributed by atoms with E-state index in [-0.39, 0.29) is 46.0 Å². The van der Waals surface area contributed by atoms with Gasteiger partial charge < -0.3 is 9.13 Å². The maximum atomic E-state index is 8.72. The van der Waals surface area contributed by atoms with Gasteiger partial charge in [0.1, 0.15) is 0 Å². The summed E-state index contributed by atoms with van der Waals surface area (Å²) in [6.45, 7) is 0. The van der Waals surface area contributed by atoms with Crippen molar-refractivity contribution in [2.24, 2.45) is 0 Å². The molecule has 0 saturated carbocycles. The van der Waals surface area contributed by atoms with Crippen LogP contribution in [-0.2, 0) is 0 Å². The van der Waals surface area contributed by atoms with E-state index >= 15 is 0 Å². The van der Waals surface area contributed by atoms with Gasteiger partial charge in [-0.15, -0.1) is 0 Å². The number of benzene rings is 6. The second-order valence-corrected chi connectivity index (χ2v) is 9.25. The van der Waals surface area contributed by atoms with Gasteiger partial charge in [-0.25, -0.2) is 0 Å². The first-order valence-electron chi connectivity index (χ1n) is 16.4. The highest BCUT2D eigenvalue weighted by molar-refractivity contribution is 6.10. The molecule has 0 spiro atoms. The third-order valence-electron chi connectivity index (χ3n) is 7.20. The van der Waals surface area contributed by atoms with Crippen molar-refractivity contribution in [1.29, 1.82) is 0 Å². The number of para-hydroxylation sites is 4. The molecule has 0 amide bonds. The lowest BCUT2D eigenvalue weighted by molar-refractivity contribution is 1.18. The predicted octanol–water partition coefficient (Wildman–Crippen LogP) is 9.55. The van der Waals surface area contributed by atoms with E-state index < -0.39 is 24.2 Å². The number of fused-ring (bicyclic) bond motifs is 6. The molecule has 0 saturated heterocycles. The fourth-order valence-corrected chi connectivity index (χ4v) is 5.49. The smallest absolute Gasteiger partial charge is 0.0645 e. The van der Waals surface area contributed by atoms with Gasteiger partial charge in [-0.05, 0) is 59.6 Å². The number of nitrogens with zero attached hydrogens (tertiary/aromatic N) is 2. The van der Waals surface area contributed by atoms with E-state index in [0.717, 1.165) is 27.8 Å². The van der Waals surface area contributed by atoms with Crippen molar-refractivity contribution >= 4 is 43.6 Å². The number of hydrogen-bond donors (Lipinski definition) is 0. The number of hydrogen-bond acceptors (Lipinski definition) is 0. The minimum atomic E-state index is -0.455. The molecule has 178 valence electrons. The van der Waals surface area contributed by atoms with Gasteiger partial charge in [0, 0.05) is 32.9 Å². The Labute approximate surface area is 231 Å². The van der Waals surface area contributed by atoms with Gasteiger partial charge in [-0.1, -0.05) is 96.9 Å². The minimum absolute atomic E-state index is 0.0673. The van der Waals surface area contributed by atoms with Gasteiger partial charge in [0.05, 0.1) is 33.0 Å². The Bertz CT molecular complexity index is 2420. The summed E-state index contributed by atoms with van der Waals surface area (Å²) in [5.74, 6) is 0. The summed E-state index contributed by atoms with van der Waals surface area (Å²) in [5, 5.41) is 2.52. The van der Waals surface area contributed by atoms with Crippen LogP contribution < -0.4 is 0 Å². The maximum absolute atomic E-state index is 8.72. The summed E-state index contributed by atoms with van der Waals surface area (Å²) in [4.78, 5) is 0. The lowest BCUT2D eigenvalue weighted by Gasteiger charge is -2.11. The summed E-state index contributed by atoms with van der Waals surface area (Å²) >= 11 is 0. The molecule has 8 rings (SSSR count). The first-order valence-corrected chi connectivity index (χ1v) is 12.4. The van der Waals surface area contributed by atoms with Crippen LogP contribution in [0.5, 0.6) is 0 Å². The monoisotopic (exact) mass is 492 g/mol. The summed E-state index contributed by atoms with van der Waals surface area (Å²) in [7, 11) is 0. The average Bonchev–Trinajstić information content (AvgIpc) is 3.62. The van der Waals surface area contributed by atoms with Crippen LogP contribution >= 0.6 is 0 Å². The molecule has 0 fully saturated rings. The molecule has 38 heavy (non-hydrogen) atoms. The number of aromatic nitrogens is 2. The van der Waals surface area contributed by atoms with Gasteiger partial charge in [-0.3, -0.25) is 0 Å². The SMILES string of the molecule is [2H]c1c([2H])c([2H])c2c(c1[2H])c1c([2H])c([2H])c([2H])c([2H])c1n2-c1ccc(-c2ccc(-n3c4ccccc4c4ccccc43)cc2)cc1. The van der Waals surface area contributed by atoms with Gasteiger partial charge in [-0.2, -0.15) is 0 Å². The summed E-state index contributed by atoms with van der Waals surface area (Å²) in [6.07, 6.45) is 0. The molecule has 0 aliphatic carbocycles. The van der Waals surface area contributed by atoms with Crippen LogP contribution in [0.25, 0.3) is 66.1 Å². The summed E-state index contributed by atoms with van der Waals surface area (Å²) < 4.78 is 71.6. The fraction of sp³-hybridized carbons (Fsp3) is 0. The molecule has 0 radical (unpaired) electrons. The van der Waals surface area contributed by atoms with E-state index in [2.05, 4.69) is 65.2 Å². The Morgan fingerprint density at radius 3 is 1.24 bits per heavy atom. The zero-order valence-corrected chi connectivity index (χ0v) is 20.1. The summed E-state index contributed by atoms with van der Waals surface area (Å²) in [5.41, 5.74) is 5.91. The zero-order chi connectivity index (χ0) is 32.0. The van der Waals surface area contributed by atoms with Crippen molar-refractivity contribution in [1.82, 2.24) is 9.13 Å². The third-order valence-corrected chi connectivity index (χ3v) is 7.20. The lowest BCUT2D eigenvalue weighted by atomic mass is 10.0. The van der Waals surface area contributed by atoms with Crippen LogP contribution in [-0.4, -0.2) is 9.13 Å². The number of rotatable bonds is 3. The highest BCUT2D eigenvalue weighted by atomic mass is 15.0. The van der Waals surface area contributed by atoms with Crippen LogP contribution in [0.15, 0.2) is 145 Å². The largest absolute Gasteiger partial charge is 0.309 e. The maximum Gasteiger partial charge on any atom is 0.0645 e. The molecular weight excluding hydrogens is 460 g/mol. The quantitative estimate of drug-likeness (QED) is 0.232. The Kier molecular flexibility index (Phi) is 3.16. The normalized spacial score (nSPS) is 14.6. The van der Waals surface area contributed by atoms with Crippen LogP contribution in [0.2, 0.25) is 0 Å². The van der Waals surface area contributed by atoms with Crippen LogP contribution in [0.3, 0.4) is 0 Å². The molecule has 0 N–H and O–H groups in total. The summed E-state index contributed by atoms with van der Waals surface area (Å²) in [6, 6.07) is 29.3. The topological polar surface area (TPSA) is 9.86 Å². The van der Waals surface area contributed by atoms with Crippen LogP contribution in [0, 0.1) is 0 Å². The van der Waals surface area contributed by atoms with E-state index in [1.165, 1.54) is 15.3 Å². The Morgan fingerprint density at radius 1 is 0.368 bits per heavy atom. The first-order chi connectivity index (χ1) is 22.2. The van der Waals surface area contributed by atoms with E-state index in [1.54, 1.807) is 12.1 Å². The highest BCUT2D eigenvalue weighted by Gasteiger charge is 2.13. The highest BCUT2D eigenvalue weighted by Crippen LogP contribution is 2.34. The van der Waals surface area contributed by atoms with E-state index in [1.807, 2.05) is 24.3 Å². The van der Waals surface area contributed by atoms with Crippen LogP contribution in [0.1, 0.15) is 11.0 Å². The molecule has 6 aromatic carbocycles.